The number of nitrogens with zero attached hydrogens (tertiary/aromatic N) is 2. The highest BCUT2D eigenvalue weighted by molar-refractivity contribution is 5.86. The molecule has 7 heteroatoms. The Labute approximate surface area is 152 Å². The fraction of sp³-hybridized carbons (Fsp3) is 0.632. The molecule has 1 aromatic carbocycles. The maximum atomic E-state index is 13.4. The zero-order chi connectivity index (χ0) is 18.7. The van der Waals surface area contributed by atoms with Gasteiger partial charge in [0.15, 0.2) is 17.2 Å². The molecule has 1 aromatic rings. The van der Waals surface area contributed by atoms with Gasteiger partial charge in [-0.05, 0) is 43.4 Å². The van der Waals surface area contributed by atoms with Crippen LogP contribution in [0.15, 0.2) is 18.2 Å². The Morgan fingerprint density at radius 2 is 1.96 bits per heavy atom. The number of methoxy groups -OCH3 is 1. The third-order valence-electron chi connectivity index (χ3n) is 5.41. The molecule has 0 spiro atoms. The molecule has 5 nitrogen and oxygen atoms in total. The van der Waals surface area contributed by atoms with Crippen LogP contribution in [0.4, 0.5) is 8.78 Å². The lowest BCUT2D eigenvalue weighted by atomic mass is 9.90. The number of halogens is 2. The van der Waals surface area contributed by atoms with E-state index in [1.165, 1.54) is 11.0 Å². The molecule has 26 heavy (non-hydrogen) atoms. The lowest BCUT2D eigenvalue weighted by Crippen LogP contribution is -2.59. The van der Waals surface area contributed by atoms with Gasteiger partial charge in [0.1, 0.15) is 0 Å². The number of piperidine rings is 2. The van der Waals surface area contributed by atoms with Gasteiger partial charge in [0, 0.05) is 39.8 Å². The number of carbonyl (C=O) groups excluding carboxylic acids is 1. The number of β-amino-alcohol motifs (C(OH)–C–C–N with tert-alkyl or cyclic N) is 1. The largest absolute Gasteiger partial charge is 0.381 e. The zero-order valence-electron chi connectivity index (χ0n) is 15.1. The van der Waals surface area contributed by atoms with Crippen LogP contribution in [0, 0.1) is 11.6 Å². The fourth-order valence-electron chi connectivity index (χ4n) is 3.89. The van der Waals surface area contributed by atoms with Crippen LogP contribution in [0.5, 0.6) is 0 Å². The molecular weight excluding hydrogens is 342 g/mol. The zero-order valence-corrected chi connectivity index (χ0v) is 15.1. The standard InChI is InChI=1S/C19H26F2N2O3/c1-26-15-5-9-22(10-6-15)13-19(25)7-2-8-23(18(19)24)12-14-3-4-16(20)17(21)11-14/h3-4,11,15,25H,2,5-10,12-13H2,1H3. The minimum Gasteiger partial charge on any atom is -0.381 e. The van der Waals surface area contributed by atoms with E-state index in [9.17, 15) is 18.7 Å². The number of aliphatic hydroxyl groups is 1. The monoisotopic (exact) mass is 368 g/mol. The van der Waals surface area contributed by atoms with Gasteiger partial charge in [-0.3, -0.25) is 9.69 Å². The van der Waals surface area contributed by atoms with E-state index in [1.54, 1.807) is 7.11 Å². The molecule has 1 unspecified atom stereocenters. The Bertz CT molecular complexity index is 650. The summed E-state index contributed by atoms with van der Waals surface area (Å²) in [6.45, 7) is 2.56. The van der Waals surface area contributed by atoms with E-state index in [2.05, 4.69) is 4.90 Å². The van der Waals surface area contributed by atoms with Gasteiger partial charge in [0.2, 0.25) is 0 Å². The molecule has 0 radical (unpaired) electrons. The summed E-state index contributed by atoms with van der Waals surface area (Å²) in [6.07, 6.45) is 3.12. The van der Waals surface area contributed by atoms with Crippen LogP contribution >= 0.6 is 0 Å². The number of rotatable bonds is 5. The van der Waals surface area contributed by atoms with E-state index < -0.39 is 17.2 Å². The van der Waals surface area contributed by atoms with Gasteiger partial charge in [0.05, 0.1) is 6.10 Å². The molecule has 2 aliphatic rings. The van der Waals surface area contributed by atoms with E-state index in [1.807, 2.05) is 0 Å². The van der Waals surface area contributed by atoms with E-state index in [0.29, 0.717) is 31.5 Å². The summed E-state index contributed by atoms with van der Waals surface area (Å²) in [6, 6.07) is 3.63. The van der Waals surface area contributed by atoms with Crippen LogP contribution in [0.25, 0.3) is 0 Å². The van der Waals surface area contributed by atoms with Crippen LogP contribution < -0.4 is 0 Å². The predicted molar refractivity (Wildman–Crippen MR) is 92.4 cm³/mol. The Kier molecular flexibility index (Phi) is 5.89. The Balaban J connectivity index is 1.63. The summed E-state index contributed by atoms with van der Waals surface area (Å²) in [7, 11) is 1.70. The van der Waals surface area contributed by atoms with Gasteiger partial charge in [0.25, 0.3) is 5.91 Å². The molecule has 2 aliphatic heterocycles. The minimum atomic E-state index is -1.42. The Morgan fingerprint density at radius 1 is 1.23 bits per heavy atom. The maximum absolute atomic E-state index is 13.4. The smallest absolute Gasteiger partial charge is 0.256 e. The second kappa shape index (κ2) is 7.98. The fourth-order valence-corrected chi connectivity index (χ4v) is 3.89. The first-order valence-electron chi connectivity index (χ1n) is 9.12. The van der Waals surface area contributed by atoms with Crippen molar-refractivity contribution in [2.45, 2.75) is 43.9 Å². The van der Waals surface area contributed by atoms with Crippen molar-refractivity contribution < 1.29 is 23.4 Å². The summed E-state index contributed by atoms with van der Waals surface area (Å²) < 4.78 is 31.8. The summed E-state index contributed by atoms with van der Waals surface area (Å²) >= 11 is 0. The first-order valence-corrected chi connectivity index (χ1v) is 9.12. The van der Waals surface area contributed by atoms with Crippen LogP contribution in [0.1, 0.15) is 31.2 Å². The molecule has 3 rings (SSSR count). The highest BCUT2D eigenvalue weighted by Crippen LogP contribution is 2.27. The van der Waals surface area contributed by atoms with Crippen molar-refractivity contribution in [3.8, 4) is 0 Å². The van der Waals surface area contributed by atoms with E-state index in [0.717, 1.165) is 38.1 Å². The molecule has 0 aliphatic carbocycles. The van der Waals surface area contributed by atoms with Crippen molar-refractivity contribution in [2.75, 3.05) is 33.3 Å². The topological polar surface area (TPSA) is 53.0 Å². The average Bonchev–Trinajstić information content (AvgIpc) is 2.63. The highest BCUT2D eigenvalue weighted by Gasteiger charge is 2.43. The normalized spacial score (nSPS) is 25.7. The maximum Gasteiger partial charge on any atom is 0.256 e. The number of ether oxygens (including phenoxy) is 1. The lowest BCUT2D eigenvalue weighted by Gasteiger charge is -2.42. The van der Waals surface area contributed by atoms with Crippen molar-refractivity contribution >= 4 is 5.91 Å². The molecule has 1 atom stereocenters. The third-order valence-corrected chi connectivity index (χ3v) is 5.41. The van der Waals surface area contributed by atoms with Crippen LogP contribution in [-0.4, -0.2) is 65.8 Å². The molecule has 1 N–H and O–H groups in total. The predicted octanol–water partition coefficient (Wildman–Crippen LogP) is 1.93. The third kappa shape index (κ3) is 4.22. The molecule has 0 aromatic heterocycles. The molecule has 1 amide bonds. The quantitative estimate of drug-likeness (QED) is 0.863. The van der Waals surface area contributed by atoms with Gasteiger partial charge in [-0.25, -0.2) is 8.78 Å². The first-order chi connectivity index (χ1) is 12.4. The van der Waals surface area contributed by atoms with Crippen molar-refractivity contribution in [1.82, 2.24) is 9.80 Å². The number of benzene rings is 1. The van der Waals surface area contributed by atoms with Gasteiger partial charge < -0.3 is 14.7 Å². The summed E-state index contributed by atoms with van der Waals surface area (Å²) in [4.78, 5) is 16.5. The van der Waals surface area contributed by atoms with Gasteiger partial charge in [-0.1, -0.05) is 6.07 Å². The van der Waals surface area contributed by atoms with Crippen LogP contribution in [0.3, 0.4) is 0 Å². The van der Waals surface area contributed by atoms with E-state index in [-0.39, 0.29) is 18.6 Å². The SMILES string of the molecule is COC1CCN(CC2(O)CCCN(Cc3ccc(F)c(F)c3)C2=O)CC1. The summed E-state index contributed by atoms with van der Waals surface area (Å²) in [5.74, 6) is -2.17. The molecule has 0 saturated carbocycles. The highest BCUT2D eigenvalue weighted by atomic mass is 19.2. The van der Waals surface area contributed by atoms with Gasteiger partial charge in [-0.15, -0.1) is 0 Å². The minimum absolute atomic E-state index is 0.171. The molecule has 2 saturated heterocycles. The molecule has 0 bridgehead atoms. The number of hydrogen-bond acceptors (Lipinski definition) is 4. The molecule has 2 fully saturated rings. The van der Waals surface area contributed by atoms with Crippen molar-refractivity contribution in [2.24, 2.45) is 0 Å². The lowest BCUT2D eigenvalue weighted by molar-refractivity contribution is -0.161. The Morgan fingerprint density at radius 3 is 2.62 bits per heavy atom. The number of amides is 1. The van der Waals surface area contributed by atoms with E-state index in [4.69, 9.17) is 4.74 Å². The van der Waals surface area contributed by atoms with Gasteiger partial charge in [-0.2, -0.15) is 0 Å². The van der Waals surface area contributed by atoms with Gasteiger partial charge >= 0.3 is 0 Å². The number of hydrogen-bond donors (Lipinski definition) is 1. The first kappa shape index (κ1) is 19.2. The van der Waals surface area contributed by atoms with Crippen molar-refractivity contribution in [1.29, 1.82) is 0 Å². The van der Waals surface area contributed by atoms with E-state index >= 15 is 0 Å². The van der Waals surface area contributed by atoms with Crippen molar-refractivity contribution in [3.63, 3.8) is 0 Å². The summed E-state index contributed by atoms with van der Waals surface area (Å²) in [5, 5.41) is 11.0. The van der Waals surface area contributed by atoms with Crippen molar-refractivity contribution in [3.05, 3.63) is 35.4 Å². The van der Waals surface area contributed by atoms with Crippen LogP contribution in [0.2, 0.25) is 0 Å². The second-order valence-electron chi connectivity index (χ2n) is 7.32. The Hall–Kier alpha value is -1.57. The number of carbonyl (C=O) groups is 1. The average molecular weight is 368 g/mol. The van der Waals surface area contributed by atoms with Crippen LogP contribution in [-0.2, 0) is 16.1 Å². The second-order valence-corrected chi connectivity index (χ2v) is 7.32. The molecule has 144 valence electrons. The summed E-state index contributed by atoms with van der Waals surface area (Å²) in [5.41, 5.74) is -0.904. The molecule has 2 heterocycles. The molecular formula is C19H26F2N2O3. The number of likely N-dealkylation sites (tertiary alicyclic amines) is 2.